The smallest absolute Gasteiger partial charge is 0.261 e. The molecule has 4 nitrogen and oxygen atoms in total. The number of halogens is 1. The Morgan fingerprint density at radius 2 is 1.83 bits per heavy atom. The van der Waals surface area contributed by atoms with Gasteiger partial charge in [0.15, 0.2) is 6.10 Å². The molecule has 0 aromatic heterocycles. The van der Waals surface area contributed by atoms with E-state index in [1.165, 1.54) is 0 Å². The van der Waals surface area contributed by atoms with Gasteiger partial charge in [0.05, 0.1) is 7.11 Å². The first-order chi connectivity index (χ1) is 11.5. The lowest BCUT2D eigenvalue weighted by Crippen LogP contribution is -2.37. The molecule has 0 saturated heterocycles. The normalized spacial score (nSPS) is 11.7. The molecule has 1 N–H and O–H groups in total. The first kappa shape index (κ1) is 18.1. The third-order valence-corrected chi connectivity index (χ3v) is 4.12. The van der Waals surface area contributed by atoms with Gasteiger partial charge in [0.2, 0.25) is 0 Å². The van der Waals surface area contributed by atoms with E-state index in [4.69, 9.17) is 21.1 Å². The van der Waals surface area contributed by atoms with E-state index in [-0.39, 0.29) is 5.91 Å². The minimum atomic E-state index is -0.538. The van der Waals surface area contributed by atoms with Crippen LogP contribution < -0.4 is 14.8 Å². The molecule has 0 aliphatic carbocycles. The maximum Gasteiger partial charge on any atom is 0.261 e. The summed E-state index contributed by atoms with van der Waals surface area (Å²) in [5, 5.41) is 3.58. The summed E-state index contributed by atoms with van der Waals surface area (Å²) in [7, 11) is 1.62. The summed E-state index contributed by atoms with van der Waals surface area (Å²) >= 11 is 6.01. The van der Waals surface area contributed by atoms with Crippen LogP contribution in [0.5, 0.6) is 11.5 Å². The second-order valence-corrected chi connectivity index (χ2v) is 5.90. The van der Waals surface area contributed by atoms with E-state index in [2.05, 4.69) is 5.32 Å². The first-order valence-corrected chi connectivity index (χ1v) is 8.24. The molecule has 2 aromatic carbocycles. The fourth-order valence-corrected chi connectivity index (χ4v) is 2.34. The van der Waals surface area contributed by atoms with Gasteiger partial charge >= 0.3 is 0 Å². The minimum Gasteiger partial charge on any atom is -0.497 e. The number of amides is 1. The molecule has 0 saturated carbocycles. The average Bonchev–Trinajstić information content (AvgIpc) is 2.61. The molecule has 0 spiro atoms. The number of carbonyl (C=O) groups excluding carboxylic acids is 1. The van der Waals surface area contributed by atoms with Gasteiger partial charge in [-0.25, -0.2) is 0 Å². The molecule has 0 bridgehead atoms. The van der Waals surface area contributed by atoms with Gasteiger partial charge in [-0.1, -0.05) is 30.7 Å². The molecule has 0 aliphatic heterocycles. The van der Waals surface area contributed by atoms with Crippen molar-refractivity contribution in [3.05, 3.63) is 58.6 Å². The van der Waals surface area contributed by atoms with Gasteiger partial charge in [-0.05, 0) is 54.8 Å². The van der Waals surface area contributed by atoms with Gasteiger partial charge in [-0.2, -0.15) is 0 Å². The molecular weight excluding hydrogens is 326 g/mol. The third-order valence-electron chi connectivity index (χ3n) is 3.70. The predicted octanol–water partition coefficient (Wildman–Crippen LogP) is 4.13. The van der Waals surface area contributed by atoms with Crippen LogP contribution in [-0.4, -0.2) is 19.1 Å². The fourth-order valence-electron chi connectivity index (χ4n) is 2.22. The summed E-state index contributed by atoms with van der Waals surface area (Å²) in [5.41, 5.74) is 1.92. The summed E-state index contributed by atoms with van der Waals surface area (Å²) in [4.78, 5) is 12.3. The van der Waals surface area contributed by atoms with E-state index in [1.54, 1.807) is 19.2 Å². The third kappa shape index (κ3) is 4.90. The Bertz CT molecular complexity index is 686. The van der Waals surface area contributed by atoms with Gasteiger partial charge < -0.3 is 14.8 Å². The van der Waals surface area contributed by atoms with Crippen molar-refractivity contribution in [2.75, 3.05) is 7.11 Å². The summed E-state index contributed by atoms with van der Waals surface area (Å²) in [6, 6.07) is 13.0. The Labute approximate surface area is 147 Å². The van der Waals surface area contributed by atoms with E-state index >= 15 is 0 Å². The topological polar surface area (TPSA) is 47.6 Å². The van der Waals surface area contributed by atoms with Crippen LogP contribution in [0.4, 0.5) is 0 Å². The number of benzene rings is 2. The largest absolute Gasteiger partial charge is 0.497 e. The minimum absolute atomic E-state index is 0.138. The highest BCUT2D eigenvalue weighted by Crippen LogP contribution is 2.22. The van der Waals surface area contributed by atoms with Crippen LogP contribution in [-0.2, 0) is 11.3 Å². The lowest BCUT2D eigenvalue weighted by Gasteiger charge is -2.18. The molecule has 1 atom stereocenters. The molecule has 0 aliphatic rings. The Kier molecular flexibility index (Phi) is 6.50. The number of methoxy groups -OCH3 is 1. The zero-order chi connectivity index (χ0) is 17.5. The van der Waals surface area contributed by atoms with Crippen molar-refractivity contribution in [1.82, 2.24) is 5.32 Å². The van der Waals surface area contributed by atoms with Crippen molar-refractivity contribution in [3.63, 3.8) is 0 Å². The lowest BCUT2D eigenvalue weighted by molar-refractivity contribution is -0.128. The molecule has 0 radical (unpaired) electrons. The van der Waals surface area contributed by atoms with E-state index in [0.29, 0.717) is 23.7 Å². The van der Waals surface area contributed by atoms with E-state index in [9.17, 15) is 4.79 Å². The van der Waals surface area contributed by atoms with Gasteiger partial charge in [-0.15, -0.1) is 0 Å². The lowest BCUT2D eigenvalue weighted by atomic mass is 10.2. The van der Waals surface area contributed by atoms with Crippen LogP contribution in [0.3, 0.4) is 0 Å². The molecule has 24 heavy (non-hydrogen) atoms. The standard InChI is InChI=1S/C19H22ClNO3/c1-4-18(24-16-9-10-17(20)13(2)11-16)19(22)21-12-14-5-7-15(23-3)8-6-14/h5-11,18H,4,12H2,1-3H3,(H,21,22). The number of rotatable bonds is 7. The number of hydrogen-bond acceptors (Lipinski definition) is 3. The predicted molar refractivity (Wildman–Crippen MR) is 95.7 cm³/mol. The van der Waals surface area contributed by atoms with Crippen molar-refractivity contribution in [3.8, 4) is 11.5 Å². The number of hydrogen-bond donors (Lipinski definition) is 1. The van der Waals surface area contributed by atoms with Crippen LogP contribution in [0.1, 0.15) is 24.5 Å². The van der Waals surface area contributed by atoms with Gasteiger partial charge in [0, 0.05) is 11.6 Å². The quantitative estimate of drug-likeness (QED) is 0.819. The van der Waals surface area contributed by atoms with Crippen LogP contribution in [0.2, 0.25) is 5.02 Å². The fraction of sp³-hybridized carbons (Fsp3) is 0.316. The number of aryl methyl sites for hydroxylation is 1. The Balaban J connectivity index is 1.93. The van der Waals surface area contributed by atoms with Gasteiger partial charge in [-0.3, -0.25) is 4.79 Å². The Hall–Kier alpha value is -2.20. The molecule has 2 aromatic rings. The summed E-state index contributed by atoms with van der Waals surface area (Å²) in [6.45, 7) is 4.27. The zero-order valence-electron chi connectivity index (χ0n) is 14.1. The van der Waals surface area contributed by atoms with Gasteiger partial charge in [0.25, 0.3) is 5.91 Å². The summed E-state index contributed by atoms with van der Waals surface area (Å²) in [6.07, 6.45) is 0.0414. The van der Waals surface area contributed by atoms with Crippen LogP contribution in [0.25, 0.3) is 0 Å². The summed E-state index contributed by atoms with van der Waals surface area (Å²) < 4.78 is 10.9. The first-order valence-electron chi connectivity index (χ1n) is 7.87. The molecular formula is C19H22ClNO3. The van der Waals surface area contributed by atoms with Crippen LogP contribution in [0.15, 0.2) is 42.5 Å². The van der Waals surface area contributed by atoms with Crippen molar-refractivity contribution in [2.24, 2.45) is 0 Å². The van der Waals surface area contributed by atoms with Crippen LogP contribution >= 0.6 is 11.6 Å². The second kappa shape index (κ2) is 8.60. The van der Waals surface area contributed by atoms with E-state index < -0.39 is 6.10 Å². The highest BCUT2D eigenvalue weighted by atomic mass is 35.5. The monoisotopic (exact) mass is 347 g/mol. The molecule has 128 valence electrons. The van der Waals surface area contributed by atoms with E-state index in [1.807, 2.05) is 44.2 Å². The number of carbonyl (C=O) groups is 1. The summed E-state index contributed by atoms with van der Waals surface area (Å²) in [5.74, 6) is 1.29. The highest BCUT2D eigenvalue weighted by Gasteiger charge is 2.18. The molecule has 0 heterocycles. The molecule has 2 rings (SSSR count). The molecule has 1 amide bonds. The zero-order valence-corrected chi connectivity index (χ0v) is 14.9. The number of nitrogens with one attached hydrogen (secondary N) is 1. The number of ether oxygens (including phenoxy) is 2. The van der Waals surface area contributed by atoms with Crippen molar-refractivity contribution < 1.29 is 14.3 Å². The molecule has 0 fully saturated rings. The SMILES string of the molecule is CCC(Oc1ccc(Cl)c(C)c1)C(=O)NCc1ccc(OC)cc1. The molecule has 5 heteroatoms. The van der Waals surface area contributed by atoms with E-state index in [0.717, 1.165) is 16.9 Å². The highest BCUT2D eigenvalue weighted by molar-refractivity contribution is 6.31. The van der Waals surface area contributed by atoms with Crippen molar-refractivity contribution in [2.45, 2.75) is 32.9 Å². The molecule has 1 unspecified atom stereocenters. The van der Waals surface area contributed by atoms with Crippen molar-refractivity contribution >= 4 is 17.5 Å². The second-order valence-electron chi connectivity index (χ2n) is 5.49. The van der Waals surface area contributed by atoms with Crippen molar-refractivity contribution in [1.29, 1.82) is 0 Å². The maximum atomic E-state index is 12.3. The Morgan fingerprint density at radius 1 is 1.17 bits per heavy atom. The van der Waals surface area contributed by atoms with Gasteiger partial charge in [0.1, 0.15) is 11.5 Å². The average molecular weight is 348 g/mol. The van der Waals surface area contributed by atoms with Crippen LogP contribution in [0, 0.1) is 6.92 Å². The maximum absolute atomic E-state index is 12.3. The Morgan fingerprint density at radius 3 is 2.42 bits per heavy atom.